The Kier molecular flexibility index (Phi) is 4.77. The second kappa shape index (κ2) is 6.37. The minimum Gasteiger partial charge on any atom is -0.478 e. The van der Waals surface area contributed by atoms with Gasteiger partial charge in [-0.25, -0.2) is 9.59 Å². The summed E-state index contributed by atoms with van der Waals surface area (Å²) >= 11 is 7.81. The van der Waals surface area contributed by atoms with Crippen molar-refractivity contribution in [3.8, 4) is 0 Å². The second-order valence-corrected chi connectivity index (χ2v) is 6.51. The van der Waals surface area contributed by atoms with Gasteiger partial charge in [-0.05, 0) is 18.2 Å². The number of rotatable bonds is 2. The van der Waals surface area contributed by atoms with Gasteiger partial charge in [0.25, 0.3) is 0 Å². The molecule has 1 unspecified atom stereocenters. The molecule has 0 radical (unpaired) electrons. The molecule has 0 saturated carbocycles. The predicted octanol–water partition coefficient (Wildman–Crippen LogP) is 3.01. The highest BCUT2D eigenvalue weighted by atomic mass is 35.5. The Balaban J connectivity index is 2.10. The fourth-order valence-corrected chi connectivity index (χ4v) is 3.13. The van der Waals surface area contributed by atoms with Gasteiger partial charge in [0, 0.05) is 24.1 Å². The first-order valence-electron chi connectivity index (χ1n) is 6.17. The van der Waals surface area contributed by atoms with Crippen molar-refractivity contribution < 1.29 is 14.7 Å². The van der Waals surface area contributed by atoms with E-state index in [-0.39, 0.29) is 11.6 Å². The molecule has 1 aromatic carbocycles. The van der Waals surface area contributed by atoms with Crippen LogP contribution < -0.4 is 5.32 Å². The highest BCUT2D eigenvalue weighted by Gasteiger charge is 2.22. The van der Waals surface area contributed by atoms with Gasteiger partial charge in [0.2, 0.25) is 0 Å². The van der Waals surface area contributed by atoms with Gasteiger partial charge in [-0.15, -0.1) is 0 Å². The van der Waals surface area contributed by atoms with Gasteiger partial charge in [0.15, 0.2) is 0 Å². The summed E-state index contributed by atoms with van der Waals surface area (Å²) in [6, 6.07) is 3.99. The molecule has 0 aromatic heterocycles. The van der Waals surface area contributed by atoms with Crippen molar-refractivity contribution in [2.24, 2.45) is 0 Å². The molecule has 0 bridgehead atoms. The van der Waals surface area contributed by atoms with Crippen molar-refractivity contribution >= 4 is 41.1 Å². The van der Waals surface area contributed by atoms with Crippen LogP contribution in [-0.4, -0.2) is 46.1 Å². The number of aromatic carboxylic acids is 1. The van der Waals surface area contributed by atoms with Crippen LogP contribution in [0.25, 0.3) is 0 Å². The Morgan fingerprint density at radius 3 is 2.90 bits per heavy atom. The first kappa shape index (κ1) is 15.0. The number of anilines is 1. The molecule has 1 fully saturated rings. The van der Waals surface area contributed by atoms with E-state index in [1.807, 2.05) is 11.8 Å². The minimum atomic E-state index is -1.06. The van der Waals surface area contributed by atoms with Crippen LogP contribution in [0.1, 0.15) is 17.3 Å². The van der Waals surface area contributed by atoms with Gasteiger partial charge >= 0.3 is 12.0 Å². The normalized spacial score (nSPS) is 18.7. The molecule has 0 spiro atoms. The number of nitrogens with one attached hydrogen (secondary N) is 1. The molecule has 0 aliphatic carbocycles. The zero-order valence-corrected chi connectivity index (χ0v) is 12.5. The van der Waals surface area contributed by atoms with Crippen LogP contribution in [0.4, 0.5) is 10.5 Å². The van der Waals surface area contributed by atoms with Crippen LogP contribution in [0.5, 0.6) is 0 Å². The lowest BCUT2D eigenvalue weighted by molar-refractivity contribution is 0.0697. The molecule has 1 heterocycles. The van der Waals surface area contributed by atoms with E-state index in [4.69, 9.17) is 16.7 Å². The van der Waals surface area contributed by atoms with Gasteiger partial charge in [-0.3, -0.25) is 0 Å². The number of carbonyl (C=O) groups excluding carboxylic acids is 1. The molecule has 20 heavy (non-hydrogen) atoms. The maximum Gasteiger partial charge on any atom is 0.335 e. The number of hydrogen-bond acceptors (Lipinski definition) is 3. The minimum absolute atomic E-state index is 0.0901. The van der Waals surface area contributed by atoms with Crippen molar-refractivity contribution in [1.82, 2.24) is 4.90 Å². The van der Waals surface area contributed by atoms with Crippen LogP contribution in [0.15, 0.2) is 18.2 Å². The van der Waals surface area contributed by atoms with Crippen LogP contribution in [0.2, 0.25) is 5.02 Å². The van der Waals surface area contributed by atoms with Gasteiger partial charge in [0.05, 0.1) is 16.3 Å². The zero-order chi connectivity index (χ0) is 14.7. The van der Waals surface area contributed by atoms with Crippen LogP contribution in [0.3, 0.4) is 0 Å². The third-order valence-electron chi connectivity index (χ3n) is 2.98. The average Bonchev–Trinajstić information content (AvgIpc) is 2.41. The van der Waals surface area contributed by atoms with E-state index in [9.17, 15) is 9.59 Å². The van der Waals surface area contributed by atoms with E-state index in [0.29, 0.717) is 29.0 Å². The molecule has 5 nitrogen and oxygen atoms in total. The molecule has 1 saturated heterocycles. The second-order valence-electron chi connectivity index (χ2n) is 4.56. The third kappa shape index (κ3) is 3.58. The maximum atomic E-state index is 12.1. The summed E-state index contributed by atoms with van der Waals surface area (Å²) < 4.78 is 0. The largest absolute Gasteiger partial charge is 0.478 e. The lowest BCUT2D eigenvalue weighted by Gasteiger charge is -2.30. The zero-order valence-electron chi connectivity index (χ0n) is 10.9. The highest BCUT2D eigenvalue weighted by Crippen LogP contribution is 2.24. The molecule has 7 heteroatoms. The molecule has 108 valence electrons. The topological polar surface area (TPSA) is 69.6 Å². The summed E-state index contributed by atoms with van der Waals surface area (Å²) in [5, 5.41) is 12.3. The fourth-order valence-electron chi connectivity index (χ4n) is 1.95. The number of hydrogen-bond donors (Lipinski definition) is 2. The van der Waals surface area contributed by atoms with Crippen molar-refractivity contribution in [3.63, 3.8) is 0 Å². The number of benzene rings is 1. The summed E-state index contributed by atoms with van der Waals surface area (Å²) in [5.41, 5.74) is 0.412. The van der Waals surface area contributed by atoms with Crippen LogP contribution in [0, 0.1) is 0 Å². The van der Waals surface area contributed by atoms with Crippen molar-refractivity contribution in [2.75, 3.05) is 24.2 Å². The van der Waals surface area contributed by atoms with Crippen molar-refractivity contribution in [2.45, 2.75) is 12.2 Å². The Labute approximate surface area is 126 Å². The third-order valence-corrected chi connectivity index (χ3v) is 4.45. The summed E-state index contributed by atoms with van der Waals surface area (Å²) in [6.07, 6.45) is 0. The number of urea groups is 1. The molecule has 1 aliphatic heterocycles. The number of nitrogens with zero attached hydrogens (tertiary/aromatic N) is 1. The standard InChI is InChI=1S/C13H15ClN2O3S/c1-8-7-16(4-5-20-8)13(19)15-11-6-9(12(17)18)2-3-10(11)14/h2-3,6,8H,4-5,7H2,1H3,(H,15,19)(H,17,18). The van der Waals surface area contributed by atoms with Gasteiger partial charge in [0.1, 0.15) is 0 Å². The Morgan fingerprint density at radius 1 is 1.50 bits per heavy atom. The summed E-state index contributed by atoms with van der Waals surface area (Å²) in [4.78, 5) is 24.8. The van der Waals surface area contributed by atoms with Crippen LogP contribution in [-0.2, 0) is 0 Å². The summed E-state index contributed by atoms with van der Waals surface area (Å²) in [5.74, 6) is -0.155. The molecular weight excluding hydrogens is 300 g/mol. The van der Waals surface area contributed by atoms with Crippen molar-refractivity contribution in [1.29, 1.82) is 0 Å². The molecular formula is C13H15ClN2O3S. The number of carbonyl (C=O) groups is 2. The van der Waals surface area contributed by atoms with Gasteiger partial charge in [-0.2, -0.15) is 11.8 Å². The molecule has 2 amide bonds. The fraction of sp³-hybridized carbons (Fsp3) is 0.385. The van der Waals surface area contributed by atoms with E-state index in [1.54, 1.807) is 4.90 Å². The summed E-state index contributed by atoms with van der Waals surface area (Å²) in [7, 11) is 0. The molecule has 2 N–H and O–H groups in total. The van der Waals surface area contributed by atoms with Gasteiger partial charge < -0.3 is 15.3 Å². The number of thioether (sulfide) groups is 1. The average molecular weight is 315 g/mol. The number of amides is 2. The highest BCUT2D eigenvalue weighted by molar-refractivity contribution is 7.99. The van der Waals surface area contributed by atoms with E-state index < -0.39 is 5.97 Å². The lowest BCUT2D eigenvalue weighted by atomic mass is 10.2. The SMILES string of the molecule is CC1CN(C(=O)Nc2cc(C(=O)O)ccc2Cl)CCS1. The molecule has 1 atom stereocenters. The Morgan fingerprint density at radius 2 is 2.25 bits per heavy atom. The van der Waals surface area contributed by atoms with E-state index in [2.05, 4.69) is 12.2 Å². The first-order valence-corrected chi connectivity index (χ1v) is 7.60. The number of halogens is 1. The molecule has 1 aliphatic rings. The van der Waals surface area contributed by atoms with E-state index in [0.717, 1.165) is 5.75 Å². The maximum absolute atomic E-state index is 12.1. The summed E-state index contributed by atoms with van der Waals surface area (Å²) in [6.45, 7) is 3.42. The van der Waals surface area contributed by atoms with Crippen LogP contribution >= 0.6 is 23.4 Å². The van der Waals surface area contributed by atoms with E-state index >= 15 is 0 Å². The molecule has 2 rings (SSSR count). The molecule has 1 aromatic rings. The van der Waals surface area contributed by atoms with E-state index in [1.165, 1.54) is 18.2 Å². The lowest BCUT2D eigenvalue weighted by Crippen LogP contribution is -2.43. The van der Waals surface area contributed by atoms with Crippen molar-refractivity contribution in [3.05, 3.63) is 28.8 Å². The quantitative estimate of drug-likeness (QED) is 0.880. The first-order chi connectivity index (χ1) is 9.47. The smallest absolute Gasteiger partial charge is 0.335 e. The predicted molar refractivity (Wildman–Crippen MR) is 80.9 cm³/mol. The monoisotopic (exact) mass is 314 g/mol. The number of carboxylic acids is 1. The Bertz CT molecular complexity index is 538. The number of carboxylic acid groups (broad SMARTS) is 1. The van der Waals surface area contributed by atoms with Gasteiger partial charge in [-0.1, -0.05) is 18.5 Å². The Hall–Kier alpha value is -1.40.